The number of nitrogens with zero attached hydrogens (tertiary/aromatic N) is 5. The molecule has 1 aliphatic rings. The third-order valence-electron chi connectivity index (χ3n) is 4.87. The van der Waals surface area contributed by atoms with Gasteiger partial charge >= 0.3 is 19.9 Å². The quantitative estimate of drug-likeness (QED) is 0.228. The molecule has 1 atom stereocenters. The Morgan fingerprint density at radius 1 is 1.21 bits per heavy atom. The lowest BCUT2D eigenvalue weighted by Gasteiger charge is -2.25. The zero-order chi connectivity index (χ0) is 24.8. The summed E-state index contributed by atoms with van der Waals surface area (Å²) >= 11 is 0. The molecule has 0 spiro atoms. The zero-order valence-electron chi connectivity index (χ0n) is 17.4. The number of fused-ring (bicyclic) bond motifs is 1. The fourth-order valence-electron chi connectivity index (χ4n) is 3.12. The van der Waals surface area contributed by atoms with Crippen LogP contribution >= 0.6 is 7.60 Å². The highest BCUT2D eigenvalue weighted by molar-refractivity contribution is 7.53. The number of hydrogen-bond acceptors (Lipinski definition) is 8. The maximum atomic E-state index is 12.7. The van der Waals surface area contributed by atoms with Crippen molar-refractivity contribution in [3.8, 4) is 0 Å². The molecule has 2 aromatic rings. The van der Waals surface area contributed by atoms with Crippen LogP contribution in [0.25, 0.3) is 11.2 Å². The molecule has 0 saturated heterocycles. The molecule has 0 amide bonds. The van der Waals surface area contributed by atoms with Gasteiger partial charge in [0.2, 0.25) is 5.95 Å². The van der Waals surface area contributed by atoms with Gasteiger partial charge in [0.25, 0.3) is 0 Å². The molecular weight excluding hydrogens is 485 g/mol. The Morgan fingerprint density at radius 3 is 2.27 bits per heavy atom. The molecule has 1 aliphatic carbocycles. The van der Waals surface area contributed by atoms with Gasteiger partial charge in [-0.15, -0.1) is 4.67 Å². The van der Waals surface area contributed by atoms with Crippen molar-refractivity contribution in [1.29, 1.82) is 0 Å². The molecule has 1 unspecified atom stereocenters. The Labute approximate surface area is 183 Å². The number of aromatic nitrogens is 4. The highest BCUT2D eigenvalue weighted by Crippen LogP contribution is 2.57. The lowest BCUT2D eigenvalue weighted by molar-refractivity contribution is -0.268. The van der Waals surface area contributed by atoms with E-state index in [0.29, 0.717) is 17.0 Å². The third kappa shape index (κ3) is 6.46. The van der Waals surface area contributed by atoms with Crippen molar-refractivity contribution in [2.75, 3.05) is 24.7 Å². The summed E-state index contributed by atoms with van der Waals surface area (Å²) < 4.78 is 94.2. The van der Waals surface area contributed by atoms with Crippen molar-refractivity contribution >= 4 is 30.5 Å². The van der Waals surface area contributed by atoms with Crippen LogP contribution in [0.3, 0.4) is 0 Å². The second-order valence-corrected chi connectivity index (χ2v) is 10.0. The van der Waals surface area contributed by atoms with Gasteiger partial charge in [-0.05, 0) is 12.8 Å². The predicted octanol–water partition coefficient (Wildman–Crippen LogP) is 3.41. The van der Waals surface area contributed by atoms with Gasteiger partial charge in [-0.1, -0.05) is 0 Å². The van der Waals surface area contributed by atoms with Crippen LogP contribution in [0.1, 0.15) is 25.7 Å². The molecule has 17 heteroatoms. The van der Waals surface area contributed by atoms with E-state index in [-0.39, 0.29) is 25.3 Å². The summed E-state index contributed by atoms with van der Waals surface area (Å²) in [5, 5.41) is 0. The van der Waals surface area contributed by atoms with Gasteiger partial charge in [-0.3, -0.25) is 4.57 Å². The minimum Gasteiger partial charge on any atom is -0.368 e. The van der Waals surface area contributed by atoms with Gasteiger partial charge in [0.15, 0.2) is 17.0 Å². The summed E-state index contributed by atoms with van der Waals surface area (Å²) in [6, 6.07) is 0. The average Bonchev–Trinajstić information content (AvgIpc) is 3.30. The van der Waals surface area contributed by atoms with Crippen molar-refractivity contribution in [2.45, 2.75) is 55.8 Å². The SMILES string of the molecule is CN(C)c1nc(N)nc2c1ncn2CC1(OOP(=O)(O)C(CC(F)(F)F)CC(F)(F)F)CC1. The number of halogens is 6. The number of imidazole rings is 1. The number of rotatable bonds is 9. The monoisotopic (exact) mass is 506 g/mol. The molecule has 3 N–H and O–H groups in total. The van der Waals surface area contributed by atoms with Crippen LogP contribution in [-0.4, -0.2) is 62.1 Å². The first-order valence-corrected chi connectivity index (χ1v) is 11.1. The number of nitrogens with two attached hydrogens (primary N) is 1. The average molecular weight is 506 g/mol. The molecular formula is C16H21F6N6O4P. The van der Waals surface area contributed by atoms with Crippen molar-refractivity contribution in [3.05, 3.63) is 6.33 Å². The molecule has 0 aromatic carbocycles. The Bertz CT molecular complexity index is 1040. The van der Waals surface area contributed by atoms with Gasteiger partial charge < -0.3 is 20.1 Å². The second kappa shape index (κ2) is 8.56. The van der Waals surface area contributed by atoms with Crippen LogP contribution in [0, 0.1) is 0 Å². The fourth-order valence-corrected chi connectivity index (χ4v) is 4.38. The lowest BCUT2D eigenvalue weighted by Crippen LogP contribution is -2.28. The zero-order valence-corrected chi connectivity index (χ0v) is 18.3. The minimum absolute atomic E-state index is 0.0584. The van der Waals surface area contributed by atoms with Crippen molar-refractivity contribution in [1.82, 2.24) is 19.5 Å². The molecule has 3 rings (SSSR count). The van der Waals surface area contributed by atoms with E-state index in [0.717, 1.165) is 0 Å². The molecule has 186 valence electrons. The highest BCUT2D eigenvalue weighted by atomic mass is 31.2. The predicted molar refractivity (Wildman–Crippen MR) is 103 cm³/mol. The van der Waals surface area contributed by atoms with E-state index < -0.39 is 44.1 Å². The van der Waals surface area contributed by atoms with Gasteiger partial charge in [0.1, 0.15) is 5.60 Å². The Balaban J connectivity index is 1.77. The van der Waals surface area contributed by atoms with Crippen LogP contribution in [0.5, 0.6) is 0 Å². The summed E-state index contributed by atoms with van der Waals surface area (Å²) in [4.78, 5) is 28.9. The van der Waals surface area contributed by atoms with E-state index in [2.05, 4.69) is 19.6 Å². The van der Waals surface area contributed by atoms with Crippen molar-refractivity contribution in [2.24, 2.45) is 0 Å². The third-order valence-corrected chi connectivity index (χ3v) is 6.45. The number of hydrogen-bond donors (Lipinski definition) is 2. The van der Waals surface area contributed by atoms with E-state index in [1.54, 1.807) is 19.0 Å². The van der Waals surface area contributed by atoms with Crippen LogP contribution < -0.4 is 10.6 Å². The minimum atomic E-state index is -5.46. The van der Waals surface area contributed by atoms with Crippen molar-refractivity contribution in [3.63, 3.8) is 0 Å². The van der Waals surface area contributed by atoms with E-state index in [1.807, 2.05) is 0 Å². The number of alkyl halides is 6. The molecule has 2 heterocycles. The van der Waals surface area contributed by atoms with Crippen LogP contribution in [-0.2, 0) is 20.7 Å². The van der Waals surface area contributed by atoms with Gasteiger partial charge in [0, 0.05) is 14.1 Å². The summed E-state index contributed by atoms with van der Waals surface area (Å²) in [6.07, 6.45) is -12.7. The Hall–Kier alpha value is -2.16. The molecule has 0 radical (unpaired) electrons. The van der Waals surface area contributed by atoms with E-state index >= 15 is 0 Å². The Morgan fingerprint density at radius 2 is 1.79 bits per heavy atom. The van der Waals surface area contributed by atoms with Crippen LogP contribution in [0.4, 0.5) is 38.1 Å². The maximum Gasteiger partial charge on any atom is 0.390 e. The summed E-state index contributed by atoms with van der Waals surface area (Å²) in [5.41, 5.74) is 2.37. The first-order valence-electron chi connectivity index (χ1n) is 9.49. The smallest absolute Gasteiger partial charge is 0.368 e. The highest BCUT2D eigenvalue weighted by Gasteiger charge is 2.52. The molecule has 33 heavy (non-hydrogen) atoms. The largest absolute Gasteiger partial charge is 0.390 e. The first kappa shape index (κ1) is 25.5. The van der Waals surface area contributed by atoms with Crippen LogP contribution in [0.2, 0.25) is 0 Å². The number of nitrogen functional groups attached to an aromatic ring is 1. The van der Waals surface area contributed by atoms with E-state index in [9.17, 15) is 35.8 Å². The first-order chi connectivity index (χ1) is 15.0. The fraction of sp³-hybridized carbons (Fsp3) is 0.688. The summed E-state index contributed by atoms with van der Waals surface area (Å²) in [7, 11) is -2.05. The topological polar surface area (TPSA) is 129 Å². The van der Waals surface area contributed by atoms with Gasteiger partial charge in [-0.25, -0.2) is 9.87 Å². The standard InChI is InChI=1S/C16H21F6N6O4P/c1-27(2)11-10-12(26-13(23)25-11)28(8-24-10)7-14(3-4-14)31-32-33(29,30)9(5-15(17,18)19)6-16(20,21)22/h8-9H,3-7H2,1-2H3,(H,29,30)(H2,23,25,26). The molecule has 0 aliphatic heterocycles. The summed E-state index contributed by atoms with van der Waals surface area (Å²) in [5.74, 6) is 0.359. The maximum absolute atomic E-state index is 12.7. The molecule has 0 bridgehead atoms. The second-order valence-electron chi connectivity index (χ2n) is 8.04. The molecule has 10 nitrogen and oxygen atoms in total. The molecule has 1 fully saturated rings. The van der Waals surface area contributed by atoms with Crippen molar-refractivity contribution < 1.29 is 45.4 Å². The lowest BCUT2D eigenvalue weighted by atomic mass is 10.2. The van der Waals surface area contributed by atoms with Gasteiger partial charge in [-0.2, -0.15) is 36.3 Å². The van der Waals surface area contributed by atoms with E-state index in [4.69, 9.17) is 10.6 Å². The normalized spacial score (nSPS) is 18.0. The molecule has 1 saturated carbocycles. The Kier molecular flexibility index (Phi) is 6.61. The molecule has 2 aromatic heterocycles. The van der Waals surface area contributed by atoms with E-state index in [1.165, 1.54) is 10.9 Å². The van der Waals surface area contributed by atoms with Gasteiger partial charge in [0.05, 0.1) is 31.4 Å². The summed E-state index contributed by atoms with van der Waals surface area (Å²) in [6.45, 7) is -0.0595. The van der Waals surface area contributed by atoms with Crippen LogP contribution in [0.15, 0.2) is 6.33 Å². The number of anilines is 2.